The molecule has 0 amide bonds. The van der Waals surface area contributed by atoms with Crippen molar-refractivity contribution >= 4 is 5.97 Å². The Morgan fingerprint density at radius 1 is 1.19 bits per heavy atom. The van der Waals surface area contributed by atoms with Gasteiger partial charge in [-0.05, 0) is 38.5 Å². The van der Waals surface area contributed by atoms with E-state index >= 15 is 0 Å². The van der Waals surface area contributed by atoms with E-state index in [1.807, 2.05) is 18.2 Å². The largest absolute Gasteiger partial charge is 0.469 e. The van der Waals surface area contributed by atoms with E-state index in [0.29, 0.717) is 25.7 Å². The van der Waals surface area contributed by atoms with Gasteiger partial charge in [-0.1, -0.05) is 50.5 Å². The van der Waals surface area contributed by atoms with E-state index in [-0.39, 0.29) is 17.8 Å². The Morgan fingerprint density at radius 2 is 1.93 bits per heavy atom. The van der Waals surface area contributed by atoms with Crippen LogP contribution < -0.4 is 0 Å². The summed E-state index contributed by atoms with van der Waals surface area (Å²) in [5.41, 5.74) is -0.878. The number of methoxy groups -OCH3 is 1. The molecule has 5 atom stereocenters. The number of aliphatic hydroxyl groups is 3. The molecule has 0 aliphatic heterocycles. The second-order valence-corrected chi connectivity index (χ2v) is 7.96. The highest BCUT2D eigenvalue weighted by Crippen LogP contribution is 2.37. The van der Waals surface area contributed by atoms with Gasteiger partial charge in [-0.15, -0.1) is 0 Å². The van der Waals surface area contributed by atoms with Gasteiger partial charge in [-0.25, -0.2) is 0 Å². The number of rotatable bonds is 12. The first-order valence-electron chi connectivity index (χ1n) is 10.3. The third-order valence-electron chi connectivity index (χ3n) is 5.43. The van der Waals surface area contributed by atoms with Crippen molar-refractivity contribution in [2.45, 2.75) is 89.4 Å². The fraction of sp³-hybridized carbons (Fsp3) is 0.773. The van der Waals surface area contributed by atoms with Crippen LogP contribution in [0.25, 0.3) is 0 Å². The van der Waals surface area contributed by atoms with Gasteiger partial charge < -0.3 is 20.1 Å². The second kappa shape index (κ2) is 12.3. The molecule has 1 fully saturated rings. The quantitative estimate of drug-likeness (QED) is 0.273. The molecular formula is C22H38O5. The molecule has 1 aliphatic carbocycles. The number of ether oxygens (including phenoxy) is 1. The molecule has 3 N–H and O–H groups in total. The minimum atomic E-state index is -0.878. The number of esters is 1. The van der Waals surface area contributed by atoms with Gasteiger partial charge in [0.1, 0.15) is 0 Å². The molecule has 0 saturated heterocycles. The lowest BCUT2D eigenvalue weighted by Crippen LogP contribution is -2.24. The molecule has 3 unspecified atom stereocenters. The third-order valence-corrected chi connectivity index (χ3v) is 5.43. The Bertz CT molecular complexity index is 483. The van der Waals surface area contributed by atoms with Crippen molar-refractivity contribution in [3.05, 3.63) is 24.3 Å². The van der Waals surface area contributed by atoms with Crippen molar-refractivity contribution in [1.29, 1.82) is 0 Å². The fourth-order valence-corrected chi connectivity index (χ4v) is 3.68. The van der Waals surface area contributed by atoms with Gasteiger partial charge in [0.2, 0.25) is 0 Å². The molecule has 0 aromatic carbocycles. The summed E-state index contributed by atoms with van der Waals surface area (Å²) in [4.78, 5) is 11.1. The van der Waals surface area contributed by atoms with E-state index in [2.05, 4.69) is 11.7 Å². The first-order chi connectivity index (χ1) is 12.8. The lowest BCUT2D eigenvalue weighted by Gasteiger charge is -2.23. The molecule has 0 bridgehead atoms. The first-order valence-corrected chi connectivity index (χ1v) is 10.3. The minimum Gasteiger partial charge on any atom is -0.469 e. The lowest BCUT2D eigenvalue weighted by atomic mass is 9.88. The SMILES string of the molecule is CCCCCC(C)(O)/C=C/[C@H]1C(O)CC(O)[C@@H]1C/C=C/CCCC(=O)OC. The van der Waals surface area contributed by atoms with Gasteiger partial charge >= 0.3 is 5.97 Å². The highest BCUT2D eigenvalue weighted by Gasteiger charge is 2.39. The van der Waals surface area contributed by atoms with Crippen LogP contribution in [0.4, 0.5) is 0 Å². The lowest BCUT2D eigenvalue weighted by molar-refractivity contribution is -0.140. The van der Waals surface area contributed by atoms with Crippen molar-refractivity contribution in [2.24, 2.45) is 11.8 Å². The van der Waals surface area contributed by atoms with Crippen LogP contribution in [0.2, 0.25) is 0 Å². The van der Waals surface area contributed by atoms with Crippen LogP contribution >= 0.6 is 0 Å². The van der Waals surface area contributed by atoms with Gasteiger partial charge in [0.05, 0.1) is 24.9 Å². The average Bonchev–Trinajstić information content (AvgIpc) is 2.89. The molecule has 0 aromatic heterocycles. The number of carbonyl (C=O) groups is 1. The summed E-state index contributed by atoms with van der Waals surface area (Å²) in [5.74, 6) is -0.411. The maximum atomic E-state index is 11.1. The van der Waals surface area contributed by atoms with Crippen molar-refractivity contribution in [3.8, 4) is 0 Å². The molecule has 0 aromatic rings. The molecule has 27 heavy (non-hydrogen) atoms. The zero-order valence-corrected chi connectivity index (χ0v) is 17.1. The predicted octanol–water partition coefficient (Wildman–Crippen LogP) is 3.52. The minimum absolute atomic E-state index is 0.0560. The fourth-order valence-electron chi connectivity index (χ4n) is 3.68. The summed E-state index contributed by atoms with van der Waals surface area (Å²) in [6.45, 7) is 3.93. The molecule has 0 radical (unpaired) electrons. The van der Waals surface area contributed by atoms with Crippen LogP contribution in [0, 0.1) is 11.8 Å². The maximum Gasteiger partial charge on any atom is 0.305 e. The summed E-state index contributed by atoms with van der Waals surface area (Å²) < 4.78 is 4.61. The number of unbranched alkanes of at least 4 members (excludes halogenated alkanes) is 3. The van der Waals surface area contributed by atoms with Gasteiger partial charge in [0, 0.05) is 18.8 Å². The highest BCUT2D eigenvalue weighted by molar-refractivity contribution is 5.69. The van der Waals surface area contributed by atoms with Crippen LogP contribution in [0.1, 0.15) is 71.6 Å². The zero-order valence-electron chi connectivity index (χ0n) is 17.1. The number of aliphatic hydroxyl groups excluding tert-OH is 2. The molecule has 1 aliphatic rings. The molecule has 1 rings (SSSR count). The van der Waals surface area contributed by atoms with Crippen molar-refractivity contribution < 1.29 is 24.9 Å². The zero-order chi connectivity index (χ0) is 20.3. The first kappa shape index (κ1) is 23.9. The number of carbonyl (C=O) groups excluding carboxylic acids is 1. The van der Waals surface area contributed by atoms with Crippen molar-refractivity contribution in [1.82, 2.24) is 0 Å². The molecule has 156 valence electrons. The van der Waals surface area contributed by atoms with E-state index in [4.69, 9.17) is 0 Å². The van der Waals surface area contributed by atoms with Gasteiger partial charge in [0.15, 0.2) is 0 Å². The molecule has 1 saturated carbocycles. The van der Waals surface area contributed by atoms with Crippen molar-refractivity contribution in [3.63, 3.8) is 0 Å². The highest BCUT2D eigenvalue weighted by atomic mass is 16.5. The van der Waals surface area contributed by atoms with Crippen LogP contribution in [-0.4, -0.2) is 46.2 Å². The van der Waals surface area contributed by atoms with Gasteiger partial charge in [0.25, 0.3) is 0 Å². The molecule has 5 nitrogen and oxygen atoms in total. The number of hydrogen-bond donors (Lipinski definition) is 3. The summed E-state index contributed by atoms with van der Waals surface area (Å²) in [5, 5.41) is 31.1. The number of hydrogen-bond acceptors (Lipinski definition) is 5. The van der Waals surface area contributed by atoms with Crippen LogP contribution in [0.3, 0.4) is 0 Å². The summed E-state index contributed by atoms with van der Waals surface area (Å²) in [7, 11) is 1.39. The smallest absolute Gasteiger partial charge is 0.305 e. The Balaban J connectivity index is 2.54. The summed E-state index contributed by atoms with van der Waals surface area (Å²) >= 11 is 0. The normalized spacial score (nSPS) is 28.1. The van der Waals surface area contributed by atoms with Crippen LogP contribution in [-0.2, 0) is 9.53 Å². The van der Waals surface area contributed by atoms with Crippen LogP contribution in [0.15, 0.2) is 24.3 Å². The average molecular weight is 383 g/mol. The maximum absolute atomic E-state index is 11.1. The molecule has 0 spiro atoms. The van der Waals surface area contributed by atoms with E-state index in [0.717, 1.165) is 32.1 Å². The van der Waals surface area contributed by atoms with E-state index in [9.17, 15) is 20.1 Å². The molecule has 0 heterocycles. The Kier molecular flexibility index (Phi) is 10.9. The monoisotopic (exact) mass is 382 g/mol. The van der Waals surface area contributed by atoms with E-state index in [1.54, 1.807) is 13.0 Å². The van der Waals surface area contributed by atoms with Gasteiger partial charge in [-0.3, -0.25) is 4.79 Å². The Hall–Kier alpha value is -1.17. The summed E-state index contributed by atoms with van der Waals surface area (Å²) in [6, 6.07) is 0. The van der Waals surface area contributed by atoms with Crippen LogP contribution in [0.5, 0.6) is 0 Å². The number of allylic oxidation sites excluding steroid dienone is 2. The van der Waals surface area contributed by atoms with E-state index < -0.39 is 17.8 Å². The Labute approximate surface area is 164 Å². The third kappa shape index (κ3) is 9.04. The second-order valence-electron chi connectivity index (χ2n) is 7.96. The van der Waals surface area contributed by atoms with Crippen molar-refractivity contribution in [2.75, 3.05) is 7.11 Å². The molecule has 5 heteroatoms. The topological polar surface area (TPSA) is 87.0 Å². The Morgan fingerprint density at radius 3 is 2.59 bits per heavy atom. The predicted molar refractivity (Wildman–Crippen MR) is 107 cm³/mol. The van der Waals surface area contributed by atoms with Gasteiger partial charge in [-0.2, -0.15) is 0 Å². The standard InChI is InChI=1S/C22H38O5/c1-4-5-10-14-22(2,26)15-13-18-17(19(23)16-20(18)24)11-8-6-7-9-12-21(25)27-3/h6,8,13,15,17-20,23-24,26H,4-5,7,9-12,14,16H2,1-3H3/b8-6+,15-13+/t17-,18-,19?,20?,22?/m1/s1. The summed E-state index contributed by atoms with van der Waals surface area (Å²) in [6.07, 6.45) is 13.4. The van der Waals surface area contributed by atoms with E-state index in [1.165, 1.54) is 7.11 Å². The molecular weight excluding hydrogens is 344 g/mol.